The summed E-state index contributed by atoms with van der Waals surface area (Å²) in [6.45, 7) is 5.68. The Morgan fingerprint density at radius 1 is 1.33 bits per heavy atom. The van der Waals surface area contributed by atoms with E-state index in [9.17, 15) is 9.59 Å². The predicted molar refractivity (Wildman–Crippen MR) is 73.0 cm³/mol. The largest absolute Gasteiger partial charge is 0.282 e. The van der Waals surface area contributed by atoms with Crippen molar-refractivity contribution in [2.45, 2.75) is 31.2 Å². The van der Waals surface area contributed by atoms with Gasteiger partial charge in [0.05, 0.1) is 10.6 Å². The van der Waals surface area contributed by atoms with Gasteiger partial charge in [-0.25, -0.2) is 4.98 Å². The van der Waals surface area contributed by atoms with Crippen molar-refractivity contribution < 1.29 is 4.79 Å². The third-order valence-electron chi connectivity index (χ3n) is 3.05. The Hall–Kier alpha value is -1.34. The zero-order valence-electron chi connectivity index (χ0n) is 10.1. The third kappa shape index (κ3) is 1.50. The molecule has 1 aliphatic rings. The molecule has 3 heterocycles. The van der Waals surface area contributed by atoms with Gasteiger partial charge in [0, 0.05) is 4.88 Å². The lowest BCUT2D eigenvalue weighted by Gasteiger charge is -2.21. The van der Waals surface area contributed by atoms with Gasteiger partial charge in [-0.05, 0) is 26.3 Å². The van der Waals surface area contributed by atoms with E-state index < -0.39 is 0 Å². The number of fused-ring (bicyclic) bond motifs is 2. The van der Waals surface area contributed by atoms with Crippen LogP contribution >= 0.6 is 23.1 Å². The summed E-state index contributed by atoms with van der Waals surface area (Å²) in [7, 11) is 0. The molecule has 18 heavy (non-hydrogen) atoms. The number of aryl methyl sites for hydroxylation is 2. The van der Waals surface area contributed by atoms with Crippen LogP contribution in [0.1, 0.15) is 17.4 Å². The van der Waals surface area contributed by atoms with E-state index in [-0.39, 0.29) is 16.7 Å². The number of hydrogen-bond acceptors (Lipinski definition) is 5. The molecule has 0 saturated carbocycles. The van der Waals surface area contributed by atoms with Crippen molar-refractivity contribution in [2.75, 3.05) is 5.43 Å². The van der Waals surface area contributed by atoms with Crippen LogP contribution in [0.25, 0.3) is 10.2 Å². The lowest BCUT2D eigenvalue weighted by Crippen LogP contribution is -2.42. The van der Waals surface area contributed by atoms with Crippen LogP contribution < -0.4 is 11.0 Å². The first kappa shape index (κ1) is 11.7. The summed E-state index contributed by atoms with van der Waals surface area (Å²) in [4.78, 5) is 30.3. The minimum absolute atomic E-state index is 0.166. The molecule has 1 unspecified atom stereocenters. The minimum atomic E-state index is -0.225. The molecule has 0 aromatic carbocycles. The maximum atomic E-state index is 12.4. The van der Waals surface area contributed by atoms with Crippen molar-refractivity contribution in [1.29, 1.82) is 0 Å². The van der Waals surface area contributed by atoms with Crippen molar-refractivity contribution in [3.63, 3.8) is 0 Å². The highest BCUT2D eigenvalue weighted by Gasteiger charge is 2.27. The number of carbonyl (C=O) groups is 1. The fourth-order valence-corrected chi connectivity index (χ4v) is 3.80. The van der Waals surface area contributed by atoms with Crippen LogP contribution in [0.15, 0.2) is 9.95 Å². The van der Waals surface area contributed by atoms with Gasteiger partial charge in [0.25, 0.3) is 11.5 Å². The topological polar surface area (TPSA) is 64.0 Å². The van der Waals surface area contributed by atoms with Crippen LogP contribution in [-0.2, 0) is 4.79 Å². The van der Waals surface area contributed by atoms with Crippen LogP contribution in [0.3, 0.4) is 0 Å². The van der Waals surface area contributed by atoms with Crippen molar-refractivity contribution in [2.24, 2.45) is 0 Å². The number of carbonyl (C=O) groups excluding carboxylic acids is 1. The Labute approximate surface area is 111 Å². The van der Waals surface area contributed by atoms with E-state index in [0.29, 0.717) is 10.5 Å². The van der Waals surface area contributed by atoms with Crippen molar-refractivity contribution in [3.05, 3.63) is 20.8 Å². The third-order valence-corrected chi connectivity index (χ3v) is 5.20. The zero-order chi connectivity index (χ0) is 13.0. The van der Waals surface area contributed by atoms with Gasteiger partial charge < -0.3 is 0 Å². The molecule has 94 valence electrons. The first-order chi connectivity index (χ1) is 8.49. The number of aromatic nitrogens is 2. The second-order valence-electron chi connectivity index (χ2n) is 4.23. The van der Waals surface area contributed by atoms with E-state index in [1.807, 2.05) is 13.8 Å². The maximum absolute atomic E-state index is 12.4. The summed E-state index contributed by atoms with van der Waals surface area (Å²) in [6, 6.07) is 0. The molecule has 1 aliphatic heterocycles. The Morgan fingerprint density at radius 3 is 2.78 bits per heavy atom. The normalized spacial score (nSPS) is 18.8. The van der Waals surface area contributed by atoms with E-state index in [0.717, 1.165) is 15.3 Å². The van der Waals surface area contributed by atoms with Crippen LogP contribution in [0.4, 0.5) is 0 Å². The lowest BCUT2D eigenvalue weighted by atomic mass is 10.2. The fourth-order valence-electron chi connectivity index (χ4n) is 1.87. The molecule has 7 heteroatoms. The van der Waals surface area contributed by atoms with Crippen LogP contribution in [-0.4, -0.2) is 20.8 Å². The van der Waals surface area contributed by atoms with Crippen LogP contribution in [0.2, 0.25) is 0 Å². The van der Waals surface area contributed by atoms with E-state index in [1.54, 1.807) is 6.92 Å². The predicted octanol–water partition coefficient (Wildman–Crippen LogP) is 1.64. The van der Waals surface area contributed by atoms with E-state index in [4.69, 9.17) is 0 Å². The number of nitrogens with one attached hydrogen (secondary N) is 1. The van der Waals surface area contributed by atoms with Gasteiger partial charge in [-0.3, -0.25) is 15.0 Å². The number of thiophene rings is 1. The second-order valence-corrected chi connectivity index (χ2v) is 6.75. The molecule has 3 rings (SSSR count). The Kier molecular flexibility index (Phi) is 2.49. The molecule has 1 N–H and O–H groups in total. The van der Waals surface area contributed by atoms with Gasteiger partial charge in [0.2, 0.25) is 0 Å². The Bertz CT molecular complexity index is 732. The summed E-state index contributed by atoms with van der Waals surface area (Å²) in [5.74, 6) is -0.166. The highest BCUT2D eigenvalue weighted by Crippen LogP contribution is 2.30. The SMILES string of the molecule is Cc1sc2nc3n(c(=O)c2c1C)NC(=O)C(C)S3. The summed E-state index contributed by atoms with van der Waals surface area (Å²) in [6.07, 6.45) is 0. The number of amides is 1. The fraction of sp³-hybridized carbons (Fsp3) is 0.364. The zero-order valence-corrected chi connectivity index (χ0v) is 11.7. The molecular formula is C11H11N3O2S2. The maximum Gasteiger partial charge on any atom is 0.282 e. The van der Waals surface area contributed by atoms with Gasteiger partial charge in [-0.1, -0.05) is 11.8 Å². The minimum Gasteiger partial charge on any atom is -0.272 e. The molecule has 0 aliphatic carbocycles. The summed E-state index contributed by atoms with van der Waals surface area (Å²) >= 11 is 2.83. The molecule has 5 nitrogen and oxygen atoms in total. The van der Waals surface area contributed by atoms with Gasteiger partial charge >= 0.3 is 0 Å². The van der Waals surface area contributed by atoms with Gasteiger partial charge in [-0.15, -0.1) is 11.3 Å². The van der Waals surface area contributed by atoms with E-state index in [2.05, 4.69) is 10.4 Å². The van der Waals surface area contributed by atoms with Crippen LogP contribution in [0.5, 0.6) is 0 Å². The van der Waals surface area contributed by atoms with E-state index in [1.165, 1.54) is 27.8 Å². The monoisotopic (exact) mass is 281 g/mol. The summed E-state index contributed by atoms with van der Waals surface area (Å²) < 4.78 is 1.26. The van der Waals surface area contributed by atoms with Gasteiger partial charge in [0.1, 0.15) is 4.83 Å². The lowest BCUT2D eigenvalue weighted by molar-refractivity contribution is -0.116. The average Bonchev–Trinajstić information content (AvgIpc) is 2.58. The van der Waals surface area contributed by atoms with Gasteiger partial charge in [-0.2, -0.15) is 4.68 Å². The first-order valence-corrected chi connectivity index (χ1v) is 7.19. The number of rotatable bonds is 0. The standard InChI is InChI=1S/C11H11N3O2S2/c1-4-5(2)17-9-7(4)10(16)14-11(12-9)18-6(3)8(15)13-14/h6H,1-3H3,(H,13,15). The molecule has 2 aromatic heterocycles. The quantitative estimate of drug-likeness (QED) is 0.746. The number of nitrogens with zero attached hydrogens (tertiary/aromatic N) is 2. The first-order valence-electron chi connectivity index (χ1n) is 5.49. The second kappa shape index (κ2) is 3.83. The highest BCUT2D eigenvalue weighted by molar-refractivity contribution is 8.00. The van der Waals surface area contributed by atoms with Gasteiger partial charge in [0.15, 0.2) is 5.16 Å². The molecule has 1 atom stereocenters. The number of thioether (sulfide) groups is 1. The molecule has 0 fully saturated rings. The molecule has 0 spiro atoms. The molecule has 1 amide bonds. The van der Waals surface area contributed by atoms with Crippen molar-refractivity contribution >= 4 is 39.2 Å². The van der Waals surface area contributed by atoms with Crippen molar-refractivity contribution in [3.8, 4) is 0 Å². The van der Waals surface area contributed by atoms with E-state index >= 15 is 0 Å². The Morgan fingerprint density at radius 2 is 2.06 bits per heavy atom. The summed E-state index contributed by atoms with van der Waals surface area (Å²) in [5, 5.41) is 0.939. The highest BCUT2D eigenvalue weighted by atomic mass is 32.2. The average molecular weight is 281 g/mol. The molecule has 0 saturated heterocycles. The number of hydrogen-bond donors (Lipinski definition) is 1. The summed E-state index contributed by atoms with van der Waals surface area (Å²) in [5.41, 5.74) is 3.35. The van der Waals surface area contributed by atoms with Crippen LogP contribution in [0, 0.1) is 13.8 Å². The molecular weight excluding hydrogens is 270 g/mol. The van der Waals surface area contributed by atoms with Crippen molar-refractivity contribution in [1.82, 2.24) is 9.66 Å². The Balaban J connectivity index is 2.37. The smallest absolute Gasteiger partial charge is 0.272 e. The molecule has 0 bridgehead atoms. The molecule has 2 aromatic rings. The molecule has 0 radical (unpaired) electrons.